The van der Waals surface area contributed by atoms with E-state index in [4.69, 9.17) is 17.2 Å². The summed E-state index contributed by atoms with van der Waals surface area (Å²) in [6.45, 7) is 5.63. The van der Waals surface area contributed by atoms with E-state index in [9.17, 15) is 19.2 Å². The minimum absolute atomic E-state index is 0.0105. The van der Waals surface area contributed by atoms with Crippen molar-refractivity contribution in [2.45, 2.75) is 83.3 Å². The van der Waals surface area contributed by atoms with Crippen molar-refractivity contribution in [3.8, 4) is 0 Å². The topological polar surface area (TPSA) is 207 Å². The number of rotatable bonds is 9. The highest BCUT2D eigenvalue weighted by Gasteiger charge is 2.28. The van der Waals surface area contributed by atoms with Gasteiger partial charge in [0, 0.05) is 19.0 Å². The molecular formula is C24H46N8O4. The lowest BCUT2D eigenvalue weighted by atomic mass is 9.94. The van der Waals surface area contributed by atoms with Crippen molar-refractivity contribution in [2.75, 3.05) is 26.2 Å². The van der Waals surface area contributed by atoms with Gasteiger partial charge in [0.15, 0.2) is 5.96 Å². The Morgan fingerprint density at radius 3 is 2.33 bits per heavy atom. The molecule has 1 fully saturated rings. The van der Waals surface area contributed by atoms with E-state index in [0.29, 0.717) is 71.0 Å². The quantitative estimate of drug-likeness (QED) is 0.0871. The second-order valence-corrected chi connectivity index (χ2v) is 9.56. The monoisotopic (exact) mass is 510 g/mol. The van der Waals surface area contributed by atoms with E-state index in [0.717, 1.165) is 12.8 Å². The summed E-state index contributed by atoms with van der Waals surface area (Å²) in [4.78, 5) is 54.4. The first kappa shape index (κ1) is 31.3. The van der Waals surface area contributed by atoms with Crippen LogP contribution in [0, 0.1) is 11.8 Å². The summed E-state index contributed by atoms with van der Waals surface area (Å²) < 4.78 is 0. The molecule has 0 aromatic carbocycles. The molecule has 1 aliphatic heterocycles. The van der Waals surface area contributed by atoms with Gasteiger partial charge in [0.2, 0.25) is 17.7 Å². The van der Waals surface area contributed by atoms with Crippen LogP contribution in [-0.4, -0.2) is 74.3 Å². The van der Waals surface area contributed by atoms with Gasteiger partial charge in [-0.1, -0.05) is 20.3 Å². The number of aldehydes is 1. The Hall–Kier alpha value is -2.73. The lowest BCUT2D eigenvalue weighted by Crippen LogP contribution is -2.55. The largest absolute Gasteiger partial charge is 0.370 e. The third-order valence-corrected chi connectivity index (χ3v) is 6.53. The maximum absolute atomic E-state index is 13.3. The van der Waals surface area contributed by atoms with Crippen molar-refractivity contribution in [3.63, 3.8) is 0 Å². The molecule has 0 spiro atoms. The summed E-state index contributed by atoms with van der Waals surface area (Å²) in [6.07, 6.45) is 5.29. The first-order valence-corrected chi connectivity index (χ1v) is 13.0. The zero-order chi connectivity index (χ0) is 26.9. The maximum atomic E-state index is 13.3. The minimum Gasteiger partial charge on any atom is -0.370 e. The van der Waals surface area contributed by atoms with Crippen LogP contribution in [0.15, 0.2) is 4.99 Å². The normalized spacial score (nSPS) is 27.2. The molecule has 36 heavy (non-hydrogen) atoms. The first-order chi connectivity index (χ1) is 17.2. The van der Waals surface area contributed by atoms with Gasteiger partial charge in [-0.05, 0) is 64.0 Å². The predicted octanol–water partition coefficient (Wildman–Crippen LogP) is -1.13. The Bertz CT molecular complexity index is 729. The zero-order valence-corrected chi connectivity index (χ0v) is 21.8. The van der Waals surface area contributed by atoms with E-state index >= 15 is 0 Å². The van der Waals surface area contributed by atoms with Crippen LogP contribution in [0.5, 0.6) is 0 Å². The second-order valence-electron chi connectivity index (χ2n) is 9.56. The number of unbranched alkanes of at least 4 members (excludes halogenated alkanes) is 1. The molecule has 0 saturated carbocycles. The first-order valence-electron chi connectivity index (χ1n) is 13.0. The predicted molar refractivity (Wildman–Crippen MR) is 140 cm³/mol. The fourth-order valence-corrected chi connectivity index (χ4v) is 3.95. The molecule has 0 aromatic rings. The van der Waals surface area contributed by atoms with E-state index in [1.165, 1.54) is 0 Å². The molecule has 1 saturated heterocycles. The summed E-state index contributed by atoms with van der Waals surface area (Å²) in [5.74, 6) is -1.08. The average Bonchev–Trinajstić information content (AvgIpc) is 2.85. The standard InChI is InChI=1S/C24H46N8O4/c1-16-14-30-19(9-3-5-11-25)22(35)32-20(10-7-13-29-24(26)27)23(36)31-18(15-33)8-4-6-12-28-21(34)17(16)2/h15-20,30H,3-14,25H2,1-2H3,(H,28,34)(H,31,36)(H,32,35)(H4,26,27,29)/t16?,17?,18-,19-,20-/m0/s1. The number of aliphatic imine (C=N–C) groups is 1. The van der Waals surface area contributed by atoms with E-state index in [1.54, 1.807) is 0 Å². The molecule has 12 nitrogen and oxygen atoms in total. The van der Waals surface area contributed by atoms with Crippen LogP contribution in [0.1, 0.15) is 65.2 Å². The Kier molecular flexibility index (Phi) is 15.4. The third kappa shape index (κ3) is 12.3. The van der Waals surface area contributed by atoms with E-state index in [2.05, 4.69) is 26.3 Å². The molecular weight excluding hydrogens is 464 g/mol. The number of nitrogens with two attached hydrogens (primary N) is 3. The molecule has 0 radical (unpaired) electrons. The molecule has 1 heterocycles. The SMILES string of the molecule is CC1CN[C@@H](CCCCN)C(=O)N[C@@H](CCCN=C(N)N)C(=O)N[C@H](C=O)CCCCNC(=O)C1C. The number of nitrogens with zero attached hydrogens (tertiary/aromatic N) is 1. The van der Waals surface area contributed by atoms with Crippen molar-refractivity contribution in [2.24, 2.45) is 34.0 Å². The third-order valence-electron chi connectivity index (χ3n) is 6.53. The molecule has 10 N–H and O–H groups in total. The molecule has 3 amide bonds. The molecule has 0 aromatic heterocycles. The van der Waals surface area contributed by atoms with Crippen LogP contribution in [-0.2, 0) is 19.2 Å². The van der Waals surface area contributed by atoms with E-state index < -0.39 is 24.0 Å². The maximum Gasteiger partial charge on any atom is 0.243 e. The van der Waals surface area contributed by atoms with Gasteiger partial charge < -0.3 is 43.3 Å². The van der Waals surface area contributed by atoms with Gasteiger partial charge in [-0.15, -0.1) is 0 Å². The van der Waals surface area contributed by atoms with E-state index in [-0.39, 0.29) is 29.6 Å². The van der Waals surface area contributed by atoms with E-state index in [1.807, 2.05) is 13.8 Å². The lowest BCUT2D eigenvalue weighted by molar-refractivity contribution is -0.131. The van der Waals surface area contributed by atoms with Gasteiger partial charge in [-0.3, -0.25) is 19.4 Å². The Morgan fingerprint density at radius 2 is 1.67 bits per heavy atom. The van der Waals surface area contributed by atoms with Gasteiger partial charge in [0.1, 0.15) is 12.3 Å². The smallest absolute Gasteiger partial charge is 0.243 e. The molecule has 2 unspecified atom stereocenters. The molecule has 1 aliphatic rings. The molecule has 0 bridgehead atoms. The van der Waals surface area contributed by atoms with Crippen molar-refractivity contribution in [3.05, 3.63) is 0 Å². The summed E-state index contributed by atoms with van der Waals surface area (Å²) >= 11 is 0. The van der Waals surface area contributed by atoms with Gasteiger partial charge in [0.25, 0.3) is 0 Å². The zero-order valence-electron chi connectivity index (χ0n) is 21.8. The number of nitrogens with one attached hydrogen (secondary N) is 4. The second kappa shape index (κ2) is 17.7. The highest BCUT2D eigenvalue weighted by molar-refractivity contribution is 5.90. The number of amides is 3. The fraction of sp³-hybridized carbons (Fsp3) is 0.792. The van der Waals surface area contributed by atoms with Crippen LogP contribution in [0.4, 0.5) is 0 Å². The highest BCUT2D eigenvalue weighted by atomic mass is 16.2. The van der Waals surface area contributed by atoms with Crippen molar-refractivity contribution in [1.29, 1.82) is 0 Å². The lowest BCUT2D eigenvalue weighted by Gasteiger charge is -2.26. The molecule has 12 heteroatoms. The molecule has 0 aliphatic carbocycles. The van der Waals surface area contributed by atoms with Crippen LogP contribution in [0.25, 0.3) is 0 Å². The van der Waals surface area contributed by atoms with Gasteiger partial charge in [-0.25, -0.2) is 0 Å². The van der Waals surface area contributed by atoms with Gasteiger partial charge in [0.05, 0.1) is 12.1 Å². The fourth-order valence-electron chi connectivity index (χ4n) is 3.95. The van der Waals surface area contributed by atoms with Crippen LogP contribution >= 0.6 is 0 Å². The highest BCUT2D eigenvalue weighted by Crippen LogP contribution is 2.12. The number of hydrogen-bond donors (Lipinski definition) is 7. The van der Waals surface area contributed by atoms with Crippen LogP contribution in [0.3, 0.4) is 0 Å². The van der Waals surface area contributed by atoms with Crippen molar-refractivity contribution in [1.82, 2.24) is 21.3 Å². The van der Waals surface area contributed by atoms with Gasteiger partial charge >= 0.3 is 0 Å². The number of guanidine groups is 1. The molecule has 206 valence electrons. The summed E-state index contributed by atoms with van der Waals surface area (Å²) in [5, 5.41) is 11.8. The Balaban J connectivity index is 3.08. The van der Waals surface area contributed by atoms with Gasteiger partial charge in [-0.2, -0.15) is 0 Å². The molecule has 1 rings (SSSR count). The van der Waals surface area contributed by atoms with Crippen molar-refractivity contribution >= 4 is 30.0 Å². The molecule has 5 atom stereocenters. The summed E-state index contributed by atoms with van der Waals surface area (Å²) in [7, 11) is 0. The average molecular weight is 511 g/mol. The van der Waals surface area contributed by atoms with Crippen molar-refractivity contribution < 1.29 is 19.2 Å². The summed E-state index contributed by atoms with van der Waals surface area (Å²) in [5.41, 5.74) is 16.4. The number of carbonyl (C=O) groups is 4. The van der Waals surface area contributed by atoms with Crippen LogP contribution < -0.4 is 38.5 Å². The van der Waals surface area contributed by atoms with Crippen LogP contribution in [0.2, 0.25) is 0 Å². The Labute approximate surface area is 214 Å². The minimum atomic E-state index is -0.844. The number of carbonyl (C=O) groups excluding carboxylic acids is 4. The summed E-state index contributed by atoms with van der Waals surface area (Å²) in [6, 6.07) is -2.08. The Morgan fingerprint density at radius 1 is 0.972 bits per heavy atom. The number of hydrogen-bond acceptors (Lipinski definition) is 7.